The number of ether oxygens (including phenoxy) is 1. The van der Waals surface area contributed by atoms with Crippen molar-refractivity contribution in [2.24, 2.45) is 4.99 Å². The van der Waals surface area contributed by atoms with Crippen LogP contribution in [0.1, 0.15) is 5.56 Å². The van der Waals surface area contributed by atoms with Gasteiger partial charge < -0.3 is 4.74 Å². The Morgan fingerprint density at radius 3 is 2.47 bits per heavy atom. The Morgan fingerprint density at radius 2 is 1.65 bits per heavy atom. The predicted octanol–water partition coefficient (Wildman–Crippen LogP) is 3.44. The summed E-state index contributed by atoms with van der Waals surface area (Å²) in [4.78, 5) is 4.33. The van der Waals surface area contributed by atoms with E-state index in [-0.39, 0.29) is 0 Å². The molecule has 3 rings (SSSR count). The number of fused-ring (bicyclic) bond motifs is 2. The van der Waals surface area contributed by atoms with Crippen molar-refractivity contribution in [3.05, 3.63) is 54.1 Å². The molecule has 3 nitrogen and oxygen atoms in total. The molecule has 0 spiro atoms. The number of benzene rings is 2. The Hall–Kier alpha value is -2.60. The molecule has 0 saturated carbocycles. The molecule has 2 aromatic rings. The maximum atomic E-state index is 9.15. The summed E-state index contributed by atoms with van der Waals surface area (Å²) < 4.78 is 5.77. The van der Waals surface area contributed by atoms with Gasteiger partial charge in [0.15, 0.2) is 11.5 Å². The zero-order valence-corrected chi connectivity index (χ0v) is 8.92. The number of nitriles is 1. The van der Waals surface area contributed by atoms with Crippen LogP contribution in [-0.2, 0) is 0 Å². The van der Waals surface area contributed by atoms with Gasteiger partial charge in [0.25, 0.3) is 0 Å². The summed E-state index contributed by atoms with van der Waals surface area (Å²) in [5.74, 6) is 1.34. The summed E-state index contributed by atoms with van der Waals surface area (Å²) in [6.45, 7) is 0. The minimum absolute atomic E-state index is 0.380. The number of aliphatic imine (C=N–C) groups is 1. The molecule has 0 amide bonds. The van der Waals surface area contributed by atoms with Crippen LogP contribution in [0, 0.1) is 11.3 Å². The van der Waals surface area contributed by atoms with Crippen molar-refractivity contribution in [1.82, 2.24) is 0 Å². The molecule has 1 heterocycles. The zero-order valence-electron chi connectivity index (χ0n) is 8.92. The number of rotatable bonds is 0. The molecular weight excluding hydrogens is 212 g/mol. The van der Waals surface area contributed by atoms with Crippen LogP contribution in [0.4, 0.5) is 5.69 Å². The Morgan fingerprint density at radius 1 is 0.941 bits per heavy atom. The molecule has 0 radical (unpaired) electrons. The third-order valence-electron chi connectivity index (χ3n) is 2.57. The first-order valence-corrected chi connectivity index (χ1v) is 5.23. The van der Waals surface area contributed by atoms with E-state index in [0.29, 0.717) is 22.9 Å². The maximum absolute atomic E-state index is 9.15. The molecule has 80 valence electrons. The second kappa shape index (κ2) is 3.76. The lowest BCUT2D eigenvalue weighted by Crippen LogP contribution is -1.97. The van der Waals surface area contributed by atoms with Gasteiger partial charge in [-0.05, 0) is 24.3 Å². The minimum Gasteiger partial charge on any atom is -0.454 e. The molecule has 3 heteroatoms. The number of nitrogens with zero attached hydrogens (tertiary/aromatic N) is 2. The van der Waals surface area contributed by atoms with Crippen LogP contribution in [0.25, 0.3) is 0 Å². The molecule has 17 heavy (non-hydrogen) atoms. The minimum atomic E-state index is 0.380. The van der Waals surface area contributed by atoms with E-state index in [1.165, 1.54) is 0 Å². The van der Waals surface area contributed by atoms with Crippen LogP contribution in [0.15, 0.2) is 53.5 Å². The summed E-state index contributed by atoms with van der Waals surface area (Å²) in [7, 11) is 0. The Labute approximate surface area is 98.6 Å². The standard InChI is InChI=1S/C14H8N2O/c15-9-12-10-5-1-3-7-13(10)17-14-8-4-2-6-11(14)16-12/h1-8H. The Bertz CT molecular complexity index is 653. The maximum Gasteiger partial charge on any atom is 0.153 e. The van der Waals surface area contributed by atoms with Crippen molar-refractivity contribution in [2.75, 3.05) is 0 Å². The lowest BCUT2D eigenvalue weighted by molar-refractivity contribution is 0.485. The van der Waals surface area contributed by atoms with Gasteiger partial charge in [-0.15, -0.1) is 0 Å². The number of para-hydroxylation sites is 3. The average molecular weight is 220 g/mol. The summed E-state index contributed by atoms with van der Waals surface area (Å²) in [6.07, 6.45) is 0. The summed E-state index contributed by atoms with van der Waals surface area (Å²) in [5, 5.41) is 9.15. The van der Waals surface area contributed by atoms with Crippen molar-refractivity contribution >= 4 is 11.4 Å². The van der Waals surface area contributed by atoms with Gasteiger partial charge in [-0.1, -0.05) is 24.3 Å². The quantitative estimate of drug-likeness (QED) is 0.682. The van der Waals surface area contributed by atoms with Crippen molar-refractivity contribution in [1.29, 1.82) is 5.26 Å². The second-order valence-electron chi connectivity index (χ2n) is 3.64. The van der Waals surface area contributed by atoms with E-state index in [1.807, 2.05) is 48.5 Å². The van der Waals surface area contributed by atoms with Gasteiger partial charge in [0.2, 0.25) is 0 Å². The number of hydrogen-bond donors (Lipinski definition) is 0. The van der Waals surface area contributed by atoms with Crippen molar-refractivity contribution in [2.45, 2.75) is 0 Å². The molecule has 0 bridgehead atoms. The van der Waals surface area contributed by atoms with Crippen LogP contribution in [0.3, 0.4) is 0 Å². The summed E-state index contributed by atoms with van der Waals surface area (Å²) >= 11 is 0. The summed E-state index contributed by atoms with van der Waals surface area (Å²) in [5.41, 5.74) is 1.79. The molecule has 0 fully saturated rings. The first-order chi connectivity index (χ1) is 8.38. The Balaban J connectivity index is 2.29. The molecular formula is C14H8N2O. The van der Waals surface area contributed by atoms with Crippen LogP contribution in [-0.4, -0.2) is 5.71 Å². The van der Waals surface area contributed by atoms with Gasteiger partial charge >= 0.3 is 0 Å². The van der Waals surface area contributed by atoms with Gasteiger partial charge in [-0.25, -0.2) is 4.99 Å². The van der Waals surface area contributed by atoms with E-state index in [4.69, 9.17) is 10.00 Å². The monoisotopic (exact) mass is 220 g/mol. The van der Waals surface area contributed by atoms with Crippen LogP contribution < -0.4 is 4.74 Å². The van der Waals surface area contributed by atoms with Crippen LogP contribution >= 0.6 is 0 Å². The summed E-state index contributed by atoms with van der Waals surface area (Å²) in [6, 6.07) is 17.0. The number of hydrogen-bond acceptors (Lipinski definition) is 3. The molecule has 0 aliphatic carbocycles. The fraction of sp³-hybridized carbons (Fsp3) is 0. The smallest absolute Gasteiger partial charge is 0.153 e. The highest BCUT2D eigenvalue weighted by atomic mass is 16.5. The van der Waals surface area contributed by atoms with E-state index >= 15 is 0 Å². The molecule has 1 aliphatic heterocycles. The van der Waals surface area contributed by atoms with E-state index in [1.54, 1.807) is 0 Å². The highest BCUT2D eigenvalue weighted by Crippen LogP contribution is 2.36. The first-order valence-electron chi connectivity index (χ1n) is 5.23. The van der Waals surface area contributed by atoms with Crippen molar-refractivity contribution in [3.8, 4) is 17.6 Å². The van der Waals surface area contributed by atoms with Crippen LogP contribution in [0.2, 0.25) is 0 Å². The lowest BCUT2D eigenvalue weighted by atomic mass is 10.1. The van der Waals surface area contributed by atoms with Crippen molar-refractivity contribution < 1.29 is 4.74 Å². The van der Waals surface area contributed by atoms with Gasteiger partial charge in [-0.2, -0.15) is 5.26 Å². The van der Waals surface area contributed by atoms with Crippen LogP contribution in [0.5, 0.6) is 11.5 Å². The molecule has 0 atom stereocenters. The average Bonchev–Trinajstić information content (AvgIpc) is 2.54. The fourth-order valence-electron chi connectivity index (χ4n) is 1.77. The van der Waals surface area contributed by atoms with Crippen molar-refractivity contribution in [3.63, 3.8) is 0 Å². The molecule has 2 aromatic carbocycles. The third-order valence-corrected chi connectivity index (χ3v) is 2.57. The van der Waals surface area contributed by atoms with Gasteiger partial charge in [-0.3, -0.25) is 0 Å². The topological polar surface area (TPSA) is 45.4 Å². The molecule has 0 unspecified atom stereocenters. The largest absolute Gasteiger partial charge is 0.454 e. The SMILES string of the molecule is N#CC1=Nc2ccccc2Oc2ccccc21. The van der Waals surface area contributed by atoms with Gasteiger partial charge in [0, 0.05) is 0 Å². The molecule has 0 saturated heterocycles. The highest BCUT2D eigenvalue weighted by Gasteiger charge is 2.16. The lowest BCUT2D eigenvalue weighted by Gasteiger charge is -2.06. The second-order valence-corrected chi connectivity index (χ2v) is 3.64. The van der Waals surface area contributed by atoms with E-state index in [0.717, 1.165) is 5.56 Å². The highest BCUT2D eigenvalue weighted by molar-refractivity contribution is 6.15. The fourth-order valence-corrected chi connectivity index (χ4v) is 1.77. The first kappa shape index (κ1) is 9.61. The van der Waals surface area contributed by atoms with Gasteiger partial charge in [0.1, 0.15) is 17.5 Å². The predicted molar refractivity (Wildman–Crippen MR) is 64.8 cm³/mol. The zero-order chi connectivity index (χ0) is 11.7. The van der Waals surface area contributed by atoms with E-state index in [2.05, 4.69) is 11.1 Å². The molecule has 0 aromatic heterocycles. The molecule has 1 aliphatic rings. The normalized spacial score (nSPS) is 12.3. The molecule has 0 N–H and O–H groups in total. The van der Waals surface area contributed by atoms with Gasteiger partial charge in [0.05, 0.1) is 5.56 Å². The third kappa shape index (κ3) is 1.56. The van der Waals surface area contributed by atoms with E-state index < -0.39 is 0 Å². The Kier molecular flexibility index (Phi) is 2.13. The van der Waals surface area contributed by atoms with E-state index in [9.17, 15) is 0 Å².